The first-order chi connectivity index (χ1) is 13.6. The van der Waals surface area contributed by atoms with Crippen LogP contribution in [0.3, 0.4) is 0 Å². The van der Waals surface area contributed by atoms with Crippen molar-refractivity contribution in [3.63, 3.8) is 0 Å². The van der Waals surface area contributed by atoms with Crippen LogP contribution in [-0.4, -0.2) is 41.9 Å². The summed E-state index contributed by atoms with van der Waals surface area (Å²) in [6, 6.07) is 15.1. The van der Waals surface area contributed by atoms with Gasteiger partial charge in [0.05, 0.1) is 11.6 Å². The molecule has 1 heterocycles. The van der Waals surface area contributed by atoms with E-state index in [-0.39, 0.29) is 17.9 Å². The molecule has 1 atom stereocenters. The molecular formula is C22H23BrN2O3. The summed E-state index contributed by atoms with van der Waals surface area (Å²) in [5.41, 5.74) is 1.33. The van der Waals surface area contributed by atoms with Crippen LogP contribution in [0.2, 0.25) is 0 Å². The molecule has 1 saturated heterocycles. The molecular weight excluding hydrogens is 420 g/mol. The maximum Gasteiger partial charge on any atom is 0.255 e. The minimum atomic E-state index is -0.0324. The Labute approximate surface area is 173 Å². The third kappa shape index (κ3) is 4.38. The Morgan fingerprint density at radius 3 is 2.54 bits per heavy atom. The lowest BCUT2D eigenvalue weighted by molar-refractivity contribution is 0.0690. The largest absolute Gasteiger partial charge is 0.491 e. The van der Waals surface area contributed by atoms with Crippen molar-refractivity contribution in [3.05, 3.63) is 64.1 Å². The van der Waals surface area contributed by atoms with Gasteiger partial charge >= 0.3 is 0 Å². The number of benzene rings is 2. The fourth-order valence-corrected chi connectivity index (χ4v) is 3.91. The van der Waals surface area contributed by atoms with Gasteiger partial charge in [0, 0.05) is 22.6 Å². The van der Waals surface area contributed by atoms with Crippen LogP contribution < -0.4 is 10.1 Å². The van der Waals surface area contributed by atoms with Gasteiger partial charge in [-0.25, -0.2) is 0 Å². The van der Waals surface area contributed by atoms with Crippen LogP contribution in [0.1, 0.15) is 46.4 Å². The fourth-order valence-electron chi connectivity index (χ4n) is 3.46. The van der Waals surface area contributed by atoms with Gasteiger partial charge in [-0.05, 0) is 78.0 Å². The molecule has 5 nitrogen and oxygen atoms in total. The van der Waals surface area contributed by atoms with E-state index < -0.39 is 0 Å². The second-order valence-corrected chi connectivity index (χ2v) is 8.21. The van der Waals surface area contributed by atoms with Gasteiger partial charge in [0.25, 0.3) is 11.8 Å². The molecule has 2 fully saturated rings. The number of carbonyl (C=O) groups is 2. The van der Waals surface area contributed by atoms with Gasteiger partial charge in [-0.15, -0.1) is 0 Å². The van der Waals surface area contributed by atoms with E-state index >= 15 is 0 Å². The van der Waals surface area contributed by atoms with Crippen LogP contribution in [0, 0.1) is 0 Å². The molecule has 2 aliphatic rings. The molecule has 1 unspecified atom stereocenters. The molecule has 1 N–H and O–H groups in total. The smallest absolute Gasteiger partial charge is 0.255 e. The molecule has 2 amide bonds. The standard InChI is InChI=1S/C22H23BrN2O3/c23-20-6-2-1-5-19(20)22(27)25-13-3-4-17(25)14-28-18-11-7-15(8-12-18)21(26)24-16-9-10-16/h1-2,5-8,11-12,16-17H,3-4,9-10,13-14H2,(H,24,26). The number of halogens is 1. The Bertz CT molecular complexity index is 864. The Morgan fingerprint density at radius 2 is 1.82 bits per heavy atom. The molecule has 1 saturated carbocycles. The molecule has 28 heavy (non-hydrogen) atoms. The lowest BCUT2D eigenvalue weighted by atomic mass is 10.1. The van der Waals surface area contributed by atoms with Gasteiger partial charge < -0.3 is 15.0 Å². The lowest BCUT2D eigenvalue weighted by Crippen LogP contribution is -2.39. The summed E-state index contributed by atoms with van der Waals surface area (Å²) in [6.45, 7) is 1.19. The van der Waals surface area contributed by atoms with E-state index in [1.165, 1.54) is 0 Å². The van der Waals surface area contributed by atoms with Gasteiger partial charge in [0.1, 0.15) is 12.4 Å². The minimum Gasteiger partial charge on any atom is -0.491 e. The van der Waals surface area contributed by atoms with E-state index in [9.17, 15) is 9.59 Å². The molecule has 1 aliphatic carbocycles. The summed E-state index contributed by atoms with van der Waals surface area (Å²) in [6.07, 6.45) is 4.05. The molecule has 1 aliphatic heterocycles. The number of likely N-dealkylation sites (tertiary alicyclic amines) is 1. The Morgan fingerprint density at radius 1 is 1.07 bits per heavy atom. The first kappa shape index (κ1) is 19.0. The summed E-state index contributed by atoms with van der Waals surface area (Å²) in [5, 5.41) is 2.98. The highest BCUT2D eigenvalue weighted by atomic mass is 79.9. The zero-order valence-electron chi connectivity index (χ0n) is 15.6. The van der Waals surface area contributed by atoms with Crippen LogP contribution in [0.4, 0.5) is 0 Å². The topological polar surface area (TPSA) is 58.6 Å². The number of ether oxygens (including phenoxy) is 1. The zero-order chi connectivity index (χ0) is 19.5. The summed E-state index contributed by atoms with van der Waals surface area (Å²) in [4.78, 5) is 26.9. The highest BCUT2D eigenvalue weighted by molar-refractivity contribution is 9.10. The number of amides is 2. The SMILES string of the molecule is O=C(NC1CC1)c1ccc(OCC2CCCN2C(=O)c2ccccc2Br)cc1. The highest BCUT2D eigenvalue weighted by Gasteiger charge is 2.30. The number of rotatable bonds is 6. The lowest BCUT2D eigenvalue weighted by Gasteiger charge is -2.25. The number of nitrogens with zero attached hydrogens (tertiary/aromatic N) is 1. The van der Waals surface area contributed by atoms with Gasteiger partial charge in [0.2, 0.25) is 0 Å². The quantitative estimate of drug-likeness (QED) is 0.734. The van der Waals surface area contributed by atoms with Crippen molar-refractivity contribution in [2.45, 2.75) is 37.8 Å². The molecule has 0 bridgehead atoms. The second-order valence-electron chi connectivity index (χ2n) is 7.36. The van der Waals surface area contributed by atoms with Crippen molar-refractivity contribution >= 4 is 27.7 Å². The number of hydrogen-bond donors (Lipinski definition) is 1. The van der Waals surface area contributed by atoms with Gasteiger partial charge in [-0.3, -0.25) is 9.59 Å². The van der Waals surface area contributed by atoms with Crippen molar-refractivity contribution in [2.75, 3.05) is 13.2 Å². The molecule has 2 aromatic rings. The number of nitrogens with one attached hydrogen (secondary N) is 1. The molecule has 4 rings (SSSR count). The van der Waals surface area contributed by atoms with Gasteiger partial charge in [-0.1, -0.05) is 12.1 Å². The minimum absolute atomic E-state index is 0.0324. The summed E-state index contributed by atoms with van der Waals surface area (Å²) >= 11 is 3.47. The third-order valence-corrected chi connectivity index (χ3v) is 5.91. The maximum atomic E-state index is 12.9. The number of carbonyl (C=O) groups excluding carboxylic acids is 2. The van der Waals surface area contributed by atoms with Crippen LogP contribution in [-0.2, 0) is 0 Å². The predicted molar refractivity (Wildman–Crippen MR) is 111 cm³/mol. The van der Waals surface area contributed by atoms with Crippen molar-refractivity contribution < 1.29 is 14.3 Å². The van der Waals surface area contributed by atoms with E-state index in [2.05, 4.69) is 21.2 Å². The van der Waals surface area contributed by atoms with E-state index in [1.807, 2.05) is 41.3 Å². The van der Waals surface area contributed by atoms with Crippen molar-refractivity contribution in [2.24, 2.45) is 0 Å². The molecule has 0 aromatic heterocycles. The normalized spacial score (nSPS) is 18.8. The van der Waals surface area contributed by atoms with Crippen molar-refractivity contribution in [3.8, 4) is 5.75 Å². The van der Waals surface area contributed by atoms with Crippen LogP contribution in [0.15, 0.2) is 53.0 Å². The van der Waals surface area contributed by atoms with Crippen molar-refractivity contribution in [1.82, 2.24) is 10.2 Å². The monoisotopic (exact) mass is 442 g/mol. The first-order valence-corrected chi connectivity index (χ1v) is 10.5. The summed E-state index contributed by atoms with van der Waals surface area (Å²) in [7, 11) is 0. The average molecular weight is 443 g/mol. The van der Waals surface area contributed by atoms with Crippen molar-refractivity contribution in [1.29, 1.82) is 0 Å². The molecule has 0 spiro atoms. The Hall–Kier alpha value is -2.34. The van der Waals surface area contributed by atoms with Crippen LogP contribution in [0.25, 0.3) is 0 Å². The van der Waals surface area contributed by atoms with Crippen LogP contribution in [0.5, 0.6) is 5.75 Å². The fraction of sp³-hybridized carbons (Fsp3) is 0.364. The van der Waals surface area contributed by atoms with E-state index in [4.69, 9.17) is 4.74 Å². The van der Waals surface area contributed by atoms with E-state index in [0.29, 0.717) is 29.5 Å². The molecule has 2 aromatic carbocycles. The van der Waals surface area contributed by atoms with E-state index in [1.54, 1.807) is 12.1 Å². The third-order valence-electron chi connectivity index (χ3n) is 5.21. The average Bonchev–Trinajstić information content (AvgIpc) is 3.40. The Kier molecular flexibility index (Phi) is 5.67. The first-order valence-electron chi connectivity index (χ1n) is 9.71. The predicted octanol–water partition coefficient (Wildman–Crippen LogP) is 4.02. The zero-order valence-corrected chi connectivity index (χ0v) is 17.2. The van der Waals surface area contributed by atoms with Crippen LogP contribution >= 0.6 is 15.9 Å². The second kappa shape index (κ2) is 8.35. The Balaban J connectivity index is 1.35. The highest BCUT2D eigenvalue weighted by Crippen LogP contribution is 2.25. The van der Waals surface area contributed by atoms with Gasteiger partial charge in [0.15, 0.2) is 0 Å². The molecule has 0 radical (unpaired) electrons. The number of hydrogen-bond acceptors (Lipinski definition) is 3. The summed E-state index contributed by atoms with van der Waals surface area (Å²) < 4.78 is 6.74. The molecule has 6 heteroatoms. The van der Waals surface area contributed by atoms with E-state index in [0.717, 1.165) is 36.7 Å². The molecule has 146 valence electrons. The summed E-state index contributed by atoms with van der Waals surface area (Å²) in [5.74, 6) is 0.712. The maximum absolute atomic E-state index is 12.9. The van der Waals surface area contributed by atoms with Gasteiger partial charge in [-0.2, -0.15) is 0 Å².